The molecular weight excluding hydrogens is 239 g/mol. The molecule has 1 rings (SSSR count). The van der Waals surface area contributed by atoms with Gasteiger partial charge in [-0.15, -0.1) is 0 Å². The molecule has 0 saturated heterocycles. The Labute approximate surface area is 106 Å². The van der Waals surface area contributed by atoms with Crippen LogP contribution in [0.3, 0.4) is 0 Å². The van der Waals surface area contributed by atoms with Gasteiger partial charge in [0, 0.05) is 6.54 Å². The second kappa shape index (κ2) is 8.11. The lowest BCUT2D eigenvalue weighted by atomic mass is 10.2. The van der Waals surface area contributed by atoms with Crippen molar-refractivity contribution in [3.05, 3.63) is 12.0 Å². The molecule has 0 bridgehead atoms. The van der Waals surface area contributed by atoms with E-state index in [0.29, 0.717) is 6.54 Å². The quantitative estimate of drug-likeness (QED) is 0.702. The lowest BCUT2D eigenvalue weighted by molar-refractivity contribution is 0.615. The highest BCUT2D eigenvalue weighted by Gasteiger charge is 2.03. The molecule has 0 amide bonds. The first kappa shape index (κ1) is 14.0. The van der Waals surface area contributed by atoms with Crippen LogP contribution in [0.25, 0.3) is 0 Å². The van der Waals surface area contributed by atoms with Crippen molar-refractivity contribution in [2.24, 2.45) is 0 Å². The van der Waals surface area contributed by atoms with Gasteiger partial charge in [-0.05, 0) is 24.9 Å². The van der Waals surface area contributed by atoms with Crippen molar-refractivity contribution in [2.75, 3.05) is 29.6 Å². The van der Waals surface area contributed by atoms with Crippen molar-refractivity contribution >= 4 is 23.5 Å². The van der Waals surface area contributed by atoms with Gasteiger partial charge in [0.15, 0.2) is 11.6 Å². The van der Waals surface area contributed by atoms with Gasteiger partial charge in [0.05, 0.1) is 6.20 Å². The van der Waals surface area contributed by atoms with Crippen molar-refractivity contribution in [2.45, 2.75) is 25.7 Å². The minimum Gasteiger partial charge on any atom is -0.368 e. The summed E-state index contributed by atoms with van der Waals surface area (Å²) in [7, 11) is 0. The number of rotatable bonds is 8. The number of unbranched alkanes of at least 4 members (excludes halogenated alkanes) is 3. The second-order valence-corrected chi connectivity index (χ2v) is 4.74. The average Bonchev–Trinajstić information content (AvgIpc) is 2.32. The monoisotopic (exact) mass is 258 g/mol. The predicted molar refractivity (Wildman–Crippen MR) is 71.7 cm³/mol. The Morgan fingerprint density at radius 1 is 1.35 bits per heavy atom. The summed E-state index contributed by atoms with van der Waals surface area (Å²) in [5, 5.41) is 2.93. The van der Waals surface area contributed by atoms with Crippen molar-refractivity contribution in [3.8, 4) is 0 Å². The van der Waals surface area contributed by atoms with Crippen LogP contribution in [-0.2, 0) is 0 Å². The minimum absolute atomic E-state index is 0.0915. The highest BCUT2D eigenvalue weighted by molar-refractivity contribution is 7.98. The minimum atomic E-state index is -0.457. The fraction of sp³-hybridized carbons (Fsp3) is 0.636. The molecule has 0 aliphatic rings. The van der Waals surface area contributed by atoms with Crippen molar-refractivity contribution < 1.29 is 4.39 Å². The van der Waals surface area contributed by atoms with Crippen LogP contribution in [0.1, 0.15) is 25.7 Å². The standard InChI is InChI=1S/C11H19FN4S/c1-17-7-5-3-2-4-6-14-10-9(12)8-15-11(13)16-10/h8H,2-7H2,1H3,(H3,13,14,15,16). The van der Waals surface area contributed by atoms with E-state index in [1.165, 1.54) is 18.6 Å². The van der Waals surface area contributed by atoms with Crippen LogP contribution in [-0.4, -0.2) is 28.5 Å². The molecule has 0 aliphatic carbocycles. The fourth-order valence-corrected chi connectivity index (χ4v) is 1.93. The molecule has 4 nitrogen and oxygen atoms in total. The van der Waals surface area contributed by atoms with Gasteiger partial charge in [-0.3, -0.25) is 0 Å². The van der Waals surface area contributed by atoms with Crippen LogP contribution in [0.5, 0.6) is 0 Å². The maximum Gasteiger partial charge on any atom is 0.222 e. The smallest absolute Gasteiger partial charge is 0.222 e. The van der Waals surface area contributed by atoms with Crippen LogP contribution in [0.4, 0.5) is 16.2 Å². The topological polar surface area (TPSA) is 63.8 Å². The zero-order chi connectivity index (χ0) is 12.5. The number of aromatic nitrogens is 2. The number of halogens is 1. The largest absolute Gasteiger partial charge is 0.368 e. The molecule has 0 aromatic carbocycles. The molecule has 6 heteroatoms. The van der Waals surface area contributed by atoms with Crippen molar-refractivity contribution in [3.63, 3.8) is 0 Å². The maximum absolute atomic E-state index is 13.2. The van der Waals surface area contributed by atoms with Crippen LogP contribution in [0.15, 0.2) is 6.20 Å². The predicted octanol–water partition coefficient (Wildman–Crippen LogP) is 2.53. The number of nitrogens with two attached hydrogens (primary N) is 1. The summed E-state index contributed by atoms with van der Waals surface area (Å²) in [5.41, 5.74) is 5.38. The second-order valence-electron chi connectivity index (χ2n) is 3.76. The number of nitrogens with zero attached hydrogens (tertiary/aromatic N) is 2. The van der Waals surface area contributed by atoms with Gasteiger partial charge in [0.2, 0.25) is 5.95 Å². The van der Waals surface area contributed by atoms with E-state index in [-0.39, 0.29) is 11.8 Å². The van der Waals surface area contributed by atoms with E-state index in [2.05, 4.69) is 21.5 Å². The Kier molecular flexibility index (Phi) is 6.69. The van der Waals surface area contributed by atoms with E-state index in [0.717, 1.165) is 19.0 Å². The number of hydrogen-bond acceptors (Lipinski definition) is 5. The SMILES string of the molecule is CSCCCCCCNc1nc(N)ncc1F. The van der Waals surface area contributed by atoms with Crippen molar-refractivity contribution in [1.29, 1.82) is 0 Å². The molecule has 96 valence electrons. The molecule has 0 fully saturated rings. The molecule has 0 unspecified atom stereocenters. The highest BCUT2D eigenvalue weighted by atomic mass is 32.2. The molecule has 0 atom stereocenters. The first-order valence-corrected chi connectivity index (χ1v) is 7.14. The van der Waals surface area contributed by atoms with E-state index in [1.54, 1.807) is 0 Å². The molecule has 0 saturated carbocycles. The first-order chi connectivity index (χ1) is 8.24. The Bertz CT molecular complexity index is 335. The molecule has 3 N–H and O–H groups in total. The molecule has 0 aliphatic heterocycles. The fourth-order valence-electron chi connectivity index (χ4n) is 1.44. The van der Waals surface area contributed by atoms with Gasteiger partial charge in [0.25, 0.3) is 0 Å². The third-order valence-electron chi connectivity index (χ3n) is 2.33. The summed E-state index contributed by atoms with van der Waals surface area (Å²) in [6, 6.07) is 0. The Balaban J connectivity index is 2.15. The van der Waals surface area contributed by atoms with Crippen LogP contribution in [0.2, 0.25) is 0 Å². The first-order valence-electron chi connectivity index (χ1n) is 5.75. The number of nitrogen functional groups attached to an aromatic ring is 1. The van der Waals surface area contributed by atoms with Crippen LogP contribution >= 0.6 is 11.8 Å². The van der Waals surface area contributed by atoms with Gasteiger partial charge in [-0.1, -0.05) is 12.8 Å². The number of anilines is 2. The summed E-state index contributed by atoms with van der Waals surface area (Å²) in [4.78, 5) is 7.36. The van der Waals surface area contributed by atoms with E-state index >= 15 is 0 Å². The third kappa shape index (κ3) is 5.72. The van der Waals surface area contributed by atoms with Gasteiger partial charge in [0.1, 0.15) is 0 Å². The zero-order valence-electron chi connectivity index (χ0n) is 10.1. The number of nitrogens with one attached hydrogen (secondary N) is 1. The molecule has 0 spiro atoms. The molecular formula is C11H19FN4S. The number of hydrogen-bond donors (Lipinski definition) is 2. The Morgan fingerprint density at radius 3 is 2.88 bits per heavy atom. The summed E-state index contributed by atoms with van der Waals surface area (Å²) in [6.07, 6.45) is 7.83. The van der Waals surface area contributed by atoms with Crippen LogP contribution in [0, 0.1) is 5.82 Å². The van der Waals surface area contributed by atoms with Crippen LogP contribution < -0.4 is 11.1 Å². The number of thioether (sulfide) groups is 1. The van der Waals surface area contributed by atoms with Crippen molar-refractivity contribution in [1.82, 2.24) is 9.97 Å². The van der Waals surface area contributed by atoms with Gasteiger partial charge >= 0.3 is 0 Å². The summed E-state index contributed by atoms with van der Waals surface area (Å²) < 4.78 is 13.2. The summed E-state index contributed by atoms with van der Waals surface area (Å²) >= 11 is 1.87. The van der Waals surface area contributed by atoms with E-state index in [1.807, 2.05) is 11.8 Å². The average molecular weight is 258 g/mol. The molecule has 17 heavy (non-hydrogen) atoms. The summed E-state index contributed by atoms with van der Waals surface area (Å²) in [5.74, 6) is 1.04. The normalized spacial score (nSPS) is 10.5. The Morgan fingerprint density at radius 2 is 2.12 bits per heavy atom. The van der Waals surface area contributed by atoms with Gasteiger partial charge < -0.3 is 11.1 Å². The third-order valence-corrected chi connectivity index (χ3v) is 3.03. The van der Waals surface area contributed by atoms with Gasteiger partial charge in [-0.2, -0.15) is 16.7 Å². The summed E-state index contributed by atoms with van der Waals surface area (Å²) in [6.45, 7) is 0.715. The highest BCUT2D eigenvalue weighted by Crippen LogP contribution is 2.10. The molecule has 1 aromatic rings. The van der Waals surface area contributed by atoms with Gasteiger partial charge in [-0.25, -0.2) is 9.37 Å². The molecule has 0 radical (unpaired) electrons. The molecule has 1 aromatic heterocycles. The lowest BCUT2D eigenvalue weighted by Crippen LogP contribution is -2.08. The maximum atomic E-state index is 13.2. The lowest BCUT2D eigenvalue weighted by Gasteiger charge is -2.06. The van der Waals surface area contributed by atoms with E-state index in [9.17, 15) is 4.39 Å². The van der Waals surface area contributed by atoms with E-state index in [4.69, 9.17) is 5.73 Å². The zero-order valence-corrected chi connectivity index (χ0v) is 10.9. The van der Waals surface area contributed by atoms with E-state index < -0.39 is 5.82 Å². The Hall–Kier alpha value is -1.04. The molecule has 1 heterocycles.